The molecule has 1 aromatic carbocycles. The number of rotatable bonds is 4. The van der Waals surface area contributed by atoms with Crippen LogP contribution in [0.15, 0.2) is 35.7 Å². The van der Waals surface area contributed by atoms with Gasteiger partial charge in [-0.15, -0.1) is 11.3 Å². The largest absolute Gasteiger partial charge is 0.310 e. The van der Waals surface area contributed by atoms with Gasteiger partial charge >= 0.3 is 0 Å². The minimum atomic E-state index is -0.0462. The van der Waals surface area contributed by atoms with Crippen molar-refractivity contribution in [2.24, 2.45) is 0 Å². The van der Waals surface area contributed by atoms with Crippen LogP contribution in [0.4, 0.5) is 4.39 Å². The van der Waals surface area contributed by atoms with Crippen LogP contribution in [0, 0.1) is 5.82 Å². The van der Waals surface area contributed by atoms with Crippen LogP contribution in [0.2, 0.25) is 0 Å². The van der Waals surface area contributed by atoms with Crippen molar-refractivity contribution in [1.29, 1.82) is 0 Å². The van der Waals surface area contributed by atoms with Crippen molar-refractivity contribution in [2.45, 2.75) is 25.3 Å². The molecule has 1 N–H and O–H groups in total. The summed E-state index contributed by atoms with van der Waals surface area (Å²) in [6.45, 7) is 0.959. The molecule has 1 unspecified atom stereocenters. The summed E-state index contributed by atoms with van der Waals surface area (Å²) in [5.74, 6) is -0.0462. The minimum Gasteiger partial charge on any atom is -0.310 e. The summed E-state index contributed by atoms with van der Waals surface area (Å²) < 4.78 is 13.6. The second-order valence-electron chi connectivity index (χ2n) is 4.68. The van der Waals surface area contributed by atoms with Crippen LogP contribution in [-0.2, 0) is 12.8 Å². The molecule has 0 spiro atoms. The third kappa shape index (κ3) is 2.33. The van der Waals surface area contributed by atoms with Gasteiger partial charge in [-0.1, -0.05) is 18.2 Å². The quantitative estimate of drug-likeness (QED) is 0.884. The van der Waals surface area contributed by atoms with Crippen LogP contribution < -0.4 is 5.32 Å². The highest BCUT2D eigenvalue weighted by Crippen LogP contribution is 2.32. The number of fused-ring (bicyclic) bond motifs is 1. The van der Waals surface area contributed by atoms with E-state index in [9.17, 15) is 4.39 Å². The fraction of sp³-hybridized carbons (Fsp3) is 0.333. The Hall–Kier alpha value is -1.19. The number of hydrogen-bond donors (Lipinski definition) is 1. The highest BCUT2D eigenvalue weighted by atomic mass is 32.1. The first-order valence-corrected chi connectivity index (χ1v) is 7.25. The smallest absolute Gasteiger partial charge is 0.126 e. The van der Waals surface area contributed by atoms with E-state index in [-0.39, 0.29) is 5.82 Å². The SMILES string of the molecule is Fc1cccc2c1CCC2NCCc1cccs1. The normalized spacial score (nSPS) is 17.9. The van der Waals surface area contributed by atoms with Gasteiger partial charge in [-0.3, -0.25) is 0 Å². The topological polar surface area (TPSA) is 12.0 Å². The Kier molecular flexibility index (Phi) is 3.43. The average molecular weight is 261 g/mol. The van der Waals surface area contributed by atoms with Gasteiger partial charge < -0.3 is 5.32 Å². The van der Waals surface area contributed by atoms with E-state index >= 15 is 0 Å². The number of hydrogen-bond acceptors (Lipinski definition) is 2. The third-order valence-electron chi connectivity index (χ3n) is 3.56. The molecule has 0 radical (unpaired) electrons. The summed E-state index contributed by atoms with van der Waals surface area (Å²) in [6.07, 6.45) is 2.93. The van der Waals surface area contributed by atoms with E-state index in [1.807, 2.05) is 12.1 Å². The number of nitrogens with one attached hydrogen (secondary N) is 1. The highest BCUT2D eigenvalue weighted by molar-refractivity contribution is 7.09. The van der Waals surface area contributed by atoms with E-state index in [1.165, 1.54) is 4.88 Å². The molecule has 1 nitrogen and oxygen atoms in total. The molecule has 0 saturated carbocycles. The van der Waals surface area contributed by atoms with Crippen molar-refractivity contribution in [1.82, 2.24) is 5.32 Å². The summed E-state index contributed by atoms with van der Waals surface area (Å²) in [5.41, 5.74) is 2.06. The molecule has 94 valence electrons. The van der Waals surface area contributed by atoms with E-state index in [0.717, 1.165) is 36.9 Å². The molecule has 3 rings (SSSR count). The van der Waals surface area contributed by atoms with Crippen molar-refractivity contribution in [3.63, 3.8) is 0 Å². The van der Waals surface area contributed by atoms with Crippen molar-refractivity contribution >= 4 is 11.3 Å². The van der Waals surface area contributed by atoms with Gasteiger partial charge in [0.05, 0.1) is 0 Å². The number of halogens is 1. The molecular formula is C15H16FNS. The van der Waals surface area contributed by atoms with Crippen LogP contribution in [-0.4, -0.2) is 6.54 Å². The van der Waals surface area contributed by atoms with Crippen LogP contribution in [0.1, 0.15) is 28.5 Å². The summed E-state index contributed by atoms with van der Waals surface area (Å²) in [6, 6.07) is 10.00. The predicted octanol–water partition coefficient (Wildman–Crippen LogP) is 3.71. The van der Waals surface area contributed by atoms with Gasteiger partial charge in [0.15, 0.2) is 0 Å². The standard InChI is InChI=1S/C15H16FNS/c16-14-5-1-4-13-12(14)6-7-15(13)17-9-8-11-3-2-10-18-11/h1-5,10,15,17H,6-9H2. The molecule has 0 bridgehead atoms. The predicted molar refractivity (Wildman–Crippen MR) is 73.5 cm³/mol. The van der Waals surface area contributed by atoms with Gasteiger partial charge in [-0.25, -0.2) is 4.39 Å². The van der Waals surface area contributed by atoms with Crippen LogP contribution in [0.3, 0.4) is 0 Å². The Labute approximate surface area is 111 Å². The first-order valence-electron chi connectivity index (χ1n) is 6.37. The Morgan fingerprint density at radius 2 is 2.22 bits per heavy atom. The second kappa shape index (κ2) is 5.21. The molecule has 18 heavy (non-hydrogen) atoms. The molecule has 2 aromatic rings. The Bertz CT molecular complexity index is 521. The van der Waals surface area contributed by atoms with Crippen LogP contribution in [0.5, 0.6) is 0 Å². The summed E-state index contributed by atoms with van der Waals surface area (Å²) in [5, 5.41) is 5.65. The molecular weight excluding hydrogens is 245 g/mol. The van der Waals surface area contributed by atoms with Crippen molar-refractivity contribution in [3.8, 4) is 0 Å². The van der Waals surface area contributed by atoms with Gasteiger partial charge in [0.25, 0.3) is 0 Å². The summed E-state index contributed by atoms with van der Waals surface area (Å²) in [7, 11) is 0. The lowest BCUT2D eigenvalue weighted by Crippen LogP contribution is -2.21. The first-order chi connectivity index (χ1) is 8.84. The summed E-state index contributed by atoms with van der Waals surface area (Å²) in [4.78, 5) is 1.40. The monoisotopic (exact) mass is 261 g/mol. The number of thiophene rings is 1. The first kappa shape index (κ1) is 11.9. The van der Waals surface area contributed by atoms with Crippen molar-refractivity contribution < 1.29 is 4.39 Å². The molecule has 0 amide bonds. The summed E-state index contributed by atoms with van der Waals surface area (Å²) >= 11 is 1.79. The molecule has 1 aliphatic rings. The van der Waals surface area contributed by atoms with Crippen molar-refractivity contribution in [2.75, 3.05) is 6.54 Å². The highest BCUT2D eigenvalue weighted by Gasteiger charge is 2.23. The van der Waals surface area contributed by atoms with Gasteiger partial charge in [0.1, 0.15) is 5.82 Å². The lowest BCUT2D eigenvalue weighted by Gasteiger charge is -2.13. The zero-order chi connectivity index (χ0) is 12.4. The van der Waals surface area contributed by atoms with Crippen LogP contribution in [0.25, 0.3) is 0 Å². The molecule has 0 fully saturated rings. The fourth-order valence-corrected chi connectivity index (χ4v) is 3.36. The third-order valence-corrected chi connectivity index (χ3v) is 4.49. The lowest BCUT2D eigenvalue weighted by molar-refractivity contribution is 0.535. The average Bonchev–Trinajstić information content (AvgIpc) is 3.00. The van der Waals surface area contributed by atoms with E-state index < -0.39 is 0 Å². The molecule has 1 atom stereocenters. The maximum absolute atomic E-state index is 13.6. The van der Waals surface area contributed by atoms with E-state index in [0.29, 0.717) is 6.04 Å². The zero-order valence-corrected chi connectivity index (χ0v) is 11.0. The molecule has 1 heterocycles. The maximum atomic E-state index is 13.6. The van der Waals surface area contributed by atoms with Crippen molar-refractivity contribution in [3.05, 3.63) is 57.5 Å². The zero-order valence-electron chi connectivity index (χ0n) is 10.2. The van der Waals surface area contributed by atoms with Gasteiger partial charge in [-0.05, 0) is 47.9 Å². The van der Waals surface area contributed by atoms with Crippen LogP contribution >= 0.6 is 11.3 Å². The van der Waals surface area contributed by atoms with E-state index in [2.05, 4.69) is 22.8 Å². The molecule has 3 heteroatoms. The lowest BCUT2D eigenvalue weighted by atomic mass is 10.1. The fourth-order valence-electron chi connectivity index (χ4n) is 2.65. The minimum absolute atomic E-state index is 0.0462. The van der Waals surface area contributed by atoms with E-state index in [4.69, 9.17) is 0 Å². The van der Waals surface area contributed by atoms with Gasteiger partial charge in [0.2, 0.25) is 0 Å². The Morgan fingerprint density at radius 1 is 1.28 bits per heavy atom. The molecule has 0 aliphatic heterocycles. The maximum Gasteiger partial charge on any atom is 0.126 e. The van der Waals surface area contributed by atoms with Gasteiger partial charge in [-0.2, -0.15) is 0 Å². The van der Waals surface area contributed by atoms with E-state index in [1.54, 1.807) is 17.4 Å². The molecule has 0 saturated heterocycles. The van der Waals surface area contributed by atoms with Gasteiger partial charge in [0, 0.05) is 17.5 Å². The second-order valence-corrected chi connectivity index (χ2v) is 5.71. The molecule has 1 aliphatic carbocycles. The Morgan fingerprint density at radius 3 is 3.06 bits per heavy atom. The Balaban J connectivity index is 1.61. The number of benzene rings is 1. The molecule has 1 aromatic heterocycles.